The summed E-state index contributed by atoms with van der Waals surface area (Å²) in [5, 5.41) is 0.722. The molecule has 0 saturated carbocycles. The molecule has 0 unspecified atom stereocenters. The van der Waals surface area contributed by atoms with Gasteiger partial charge < -0.3 is 0 Å². The smallest absolute Gasteiger partial charge is 0.193 e. The van der Waals surface area contributed by atoms with Crippen LogP contribution in [0.5, 0.6) is 0 Å². The third-order valence-corrected chi connectivity index (χ3v) is 2.13. The zero-order chi connectivity index (χ0) is 7.84. The predicted octanol–water partition coefficient (Wildman–Crippen LogP) is 2.25. The lowest BCUT2D eigenvalue weighted by Gasteiger charge is -2.05. The minimum atomic E-state index is 0.0295. The molecule has 1 aliphatic carbocycles. The number of halogens is 2. The highest BCUT2D eigenvalue weighted by Gasteiger charge is 2.19. The van der Waals surface area contributed by atoms with Crippen molar-refractivity contribution in [3.63, 3.8) is 0 Å². The van der Waals surface area contributed by atoms with Gasteiger partial charge in [-0.15, -0.1) is 0 Å². The van der Waals surface area contributed by atoms with Gasteiger partial charge in [0.2, 0.25) is 0 Å². The van der Waals surface area contributed by atoms with Crippen molar-refractivity contribution in [2.24, 2.45) is 9.98 Å². The van der Waals surface area contributed by atoms with Crippen molar-refractivity contribution >= 4 is 38.0 Å². The lowest BCUT2D eigenvalue weighted by molar-refractivity contribution is 1.11. The minimum Gasteiger partial charge on any atom is -0.246 e. The zero-order valence-electron chi connectivity index (χ0n) is 5.46. The Bertz CT molecular complexity index is 314. The van der Waals surface area contributed by atoms with Crippen molar-refractivity contribution in [3.05, 3.63) is 23.3 Å². The summed E-state index contributed by atoms with van der Waals surface area (Å²) in [4.78, 5) is 8.32. The maximum absolute atomic E-state index is 5.77. The summed E-state index contributed by atoms with van der Waals surface area (Å²) in [6.07, 6.45) is 5.57. The van der Waals surface area contributed by atoms with Crippen LogP contribution in [0.4, 0.5) is 0 Å². The first-order valence-corrected chi connectivity index (χ1v) is 4.30. The average molecular weight is 231 g/mol. The van der Waals surface area contributed by atoms with E-state index in [0.29, 0.717) is 4.74 Å². The summed E-state index contributed by atoms with van der Waals surface area (Å²) in [7, 11) is 0. The summed E-state index contributed by atoms with van der Waals surface area (Å²) in [6, 6.07) is 0.0295. The van der Waals surface area contributed by atoms with E-state index < -0.39 is 0 Å². The topological polar surface area (TPSA) is 24.7 Å². The monoisotopic (exact) mass is 230 g/mol. The number of hydrogen-bond acceptors (Lipinski definition) is 2. The third kappa shape index (κ3) is 1.30. The quantitative estimate of drug-likeness (QED) is 0.571. The SMILES string of the molecule is ClC1=C[C@H]2N=C(Br)N=C2C=C1. The normalized spacial score (nSPS) is 27.5. The van der Waals surface area contributed by atoms with Crippen molar-refractivity contribution in [1.82, 2.24) is 0 Å². The molecule has 56 valence electrons. The first kappa shape index (κ1) is 7.25. The molecule has 1 atom stereocenters. The molecular weight excluding hydrogens is 227 g/mol. The number of nitrogens with zero attached hydrogens (tertiary/aromatic N) is 2. The van der Waals surface area contributed by atoms with E-state index in [1.807, 2.05) is 18.2 Å². The fourth-order valence-corrected chi connectivity index (χ4v) is 1.62. The van der Waals surface area contributed by atoms with E-state index in [1.165, 1.54) is 0 Å². The summed E-state index contributed by atoms with van der Waals surface area (Å²) in [5.41, 5.74) is 0.946. The Morgan fingerprint density at radius 1 is 1.45 bits per heavy atom. The summed E-state index contributed by atoms with van der Waals surface area (Å²) in [5.74, 6) is 0. The highest BCUT2D eigenvalue weighted by molar-refractivity contribution is 9.18. The third-order valence-electron chi connectivity index (χ3n) is 1.50. The maximum atomic E-state index is 5.77. The molecule has 1 heterocycles. The van der Waals surface area contributed by atoms with Crippen LogP contribution in [0, 0.1) is 0 Å². The van der Waals surface area contributed by atoms with E-state index in [4.69, 9.17) is 11.6 Å². The molecule has 0 N–H and O–H groups in total. The molecule has 2 nitrogen and oxygen atoms in total. The Balaban J connectivity index is 2.39. The van der Waals surface area contributed by atoms with Gasteiger partial charge in [-0.3, -0.25) is 0 Å². The summed E-state index contributed by atoms with van der Waals surface area (Å²) < 4.78 is 0.643. The molecule has 0 aromatic rings. The number of aliphatic imine (C=N–C) groups is 2. The second-order valence-electron chi connectivity index (χ2n) is 2.26. The van der Waals surface area contributed by atoms with Gasteiger partial charge in [0.1, 0.15) is 6.04 Å². The van der Waals surface area contributed by atoms with Gasteiger partial charge in [-0.2, -0.15) is 0 Å². The fraction of sp³-hybridized carbons (Fsp3) is 0.143. The van der Waals surface area contributed by atoms with Crippen molar-refractivity contribution in [2.75, 3.05) is 0 Å². The predicted molar refractivity (Wildman–Crippen MR) is 50.7 cm³/mol. The highest BCUT2D eigenvalue weighted by atomic mass is 79.9. The lowest BCUT2D eigenvalue weighted by Crippen LogP contribution is -2.12. The van der Waals surface area contributed by atoms with Crippen LogP contribution >= 0.6 is 27.5 Å². The molecule has 4 heteroatoms. The van der Waals surface area contributed by atoms with Gasteiger partial charge in [0.25, 0.3) is 0 Å². The first-order chi connectivity index (χ1) is 5.25. The second-order valence-corrected chi connectivity index (χ2v) is 3.41. The Hall–Kier alpha value is -0.410. The van der Waals surface area contributed by atoms with Crippen molar-refractivity contribution < 1.29 is 0 Å². The first-order valence-electron chi connectivity index (χ1n) is 3.13. The van der Waals surface area contributed by atoms with Crippen LogP contribution in [0.1, 0.15) is 0 Å². The molecule has 0 fully saturated rings. The van der Waals surface area contributed by atoms with Gasteiger partial charge in [-0.05, 0) is 34.2 Å². The van der Waals surface area contributed by atoms with Gasteiger partial charge >= 0.3 is 0 Å². The molecule has 0 saturated heterocycles. The second kappa shape index (κ2) is 2.57. The molecule has 0 aromatic carbocycles. The molecular formula is C7H4BrClN2. The van der Waals surface area contributed by atoms with Crippen LogP contribution in [0.3, 0.4) is 0 Å². The molecule has 1 aliphatic heterocycles. The van der Waals surface area contributed by atoms with Crippen molar-refractivity contribution in [2.45, 2.75) is 6.04 Å². The Labute approximate surface area is 77.5 Å². The van der Waals surface area contributed by atoms with Gasteiger partial charge in [-0.1, -0.05) is 11.6 Å². The molecule has 11 heavy (non-hydrogen) atoms. The average Bonchev–Trinajstić information content (AvgIpc) is 2.27. The molecule has 0 radical (unpaired) electrons. The van der Waals surface area contributed by atoms with Gasteiger partial charge in [0, 0.05) is 5.03 Å². The number of allylic oxidation sites excluding steroid dienone is 2. The Morgan fingerprint density at radius 3 is 3.09 bits per heavy atom. The van der Waals surface area contributed by atoms with Crippen molar-refractivity contribution in [1.29, 1.82) is 0 Å². The fourth-order valence-electron chi connectivity index (χ4n) is 1.01. The summed E-state index contributed by atoms with van der Waals surface area (Å²) >= 11 is 8.97. The van der Waals surface area contributed by atoms with Crippen LogP contribution in [-0.2, 0) is 0 Å². The van der Waals surface area contributed by atoms with E-state index >= 15 is 0 Å². The number of hydrogen-bond donors (Lipinski definition) is 0. The maximum Gasteiger partial charge on any atom is 0.193 e. The molecule has 0 aromatic heterocycles. The van der Waals surface area contributed by atoms with Crippen LogP contribution in [0.25, 0.3) is 0 Å². The van der Waals surface area contributed by atoms with Gasteiger partial charge in [0.05, 0.1) is 5.71 Å². The van der Waals surface area contributed by atoms with Crippen LogP contribution in [-0.4, -0.2) is 16.5 Å². The molecule has 0 amide bonds. The van der Waals surface area contributed by atoms with Gasteiger partial charge in [0.15, 0.2) is 4.74 Å². The minimum absolute atomic E-state index is 0.0295. The standard InChI is InChI=1S/C7H4BrClN2/c8-7-10-5-2-1-4(9)3-6(5)11-7/h1-3,6H/t6-/m1/s1. The van der Waals surface area contributed by atoms with Gasteiger partial charge in [-0.25, -0.2) is 9.98 Å². The molecule has 2 rings (SSSR count). The van der Waals surface area contributed by atoms with E-state index in [2.05, 4.69) is 25.9 Å². The van der Waals surface area contributed by atoms with E-state index in [9.17, 15) is 0 Å². The molecule has 0 bridgehead atoms. The molecule has 2 aliphatic rings. The molecule has 0 spiro atoms. The van der Waals surface area contributed by atoms with Crippen LogP contribution in [0.2, 0.25) is 0 Å². The highest BCUT2D eigenvalue weighted by Crippen LogP contribution is 2.20. The van der Waals surface area contributed by atoms with E-state index in [0.717, 1.165) is 10.7 Å². The number of rotatable bonds is 0. The number of amidine groups is 1. The van der Waals surface area contributed by atoms with E-state index in [1.54, 1.807) is 0 Å². The van der Waals surface area contributed by atoms with E-state index in [-0.39, 0.29) is 6.04 Å². The Kier molecular flexibility index (Phi) is 1.69. The zero-order valence-corrected chi connectivity index (χ0v) is 7.80. The largest absolute Gasteiger partial charge is 0.246 e. The lowest BCUT2D eigenvalue weighted by atomic mass is 10.1. The van der Waals surface area contributed by atoms with Crippen LogP contribution < -0.4 is 0 Å². The van der Waals surface area contributed by atoms with Crippen molar-refractivity contribution in [3.8, 4) is 0 Å². The Morgan fingerprint density at radius 2 is 2.27 bits per heavy atom. The van der Waals surface area contributed by atoms with Crippen LogP contribution in [0.15, 0.2) is 33.2 Å². The number of fused-ring (bicyclic) bond motifs is 1. The summed E-state index contributed by atoms with van der Waals surface area (Å²) in [6.45, 7) is 0.